The lowest BCUT2D eigenvalue weighted by molar-refractivity contribution is -0.137. The zero-order valence-electron chi connectivity index (χ0n) is 16.4. The molecule has 0 unspecified atom stereocenters. The van der Waals surface area contributed by atoms with Gasteiger partial charge in [-0.25, -0.2) is 17.1 Å². The lowest BCUT2D eigenvalue weighted by atomic mass is 9.96. The van der Waals surface area contributed by atoms with Crippen LogP contribution in [0.15, 0.2) is 24.3 Å². The Balaban J connectivity index is 2.01. The van der Waals surface area contributed by atoms with Gasteiger partial charge in [0.15, 0.2) is 0 Å². The molecule has 1 fully saturated rings. The lowest BCUT2D eigenvalue weighted by Crippen LogP contribution is -2.44. The summed E-state index contributed by atoms with van der Waals surface area (Å²) in [7, 11) is -3.19. The molecule has 0 bridgehead atoms. The van der Waals surface area contributed by atoms with Crippen LogP contribution in [-0.4, -0.2) is 48.9 Å². The van der Waals surface area contributed by atoms with Gasteiger partial charge < -0.3 is 4.90 Å². The van der Waals surface area contributed by atoms with Crippen LogP contribution in [0, 0.1) is 11.7 Å². The fourth-order valence-corrected chi connectivity index (χ4v) is 4.58. The van der Waals surface area contributed by atoms with Gasteiger partial charge in [-0.1, -0.05) is 31.9 Å². The van der Waals surface area contributed by atoms with Crippen molar-refractivity contribution in [2.24, 2.45) is 5.92 Å². The Morgan fingerprint density at radius 2 is 1.78 bits per heavy atom. The SMILES string of the molecule is CCCCCN(Cc1ccc(F)cc1)C(=O)C1CCN(S(=O)(=O)CC)CC1. The van der Waals surface area contributed by atoms with E-state index in [-0.39, 0.29) is 23.4 Å². The first-order valence-corrected chi connectivity index (χ1v) is 11.5. The van der Waals surface area contributed by atoms with Gasteiger partial charge in [-0.05, 0) is 43.9 Å². The van der Waals surface area contributed by atoms with Crippen molar-refractivity contribution in [1.29, 1.82) is 0 Å². The molecule has 0 radical (unpaired) electrons. The molecule has 1 heterocycles. The number of rotatable bonds is 9. The van der Waals surface area contributed by atoms with E-state index in [9.17, 15) is 17.6 Å². The average molecular weight is 399 g/mol. The van der Waals surface area contributed by atoms with Gasteiger partial charge in [0.25, 0.3) is 0 Å². The molecule has 1 saturated heterocycles. The molecule has 7 heteroatoms. The van der Waals surface area contributed by atoms with Gasteiger partial charge in [-0.15, -0.1) is 0 Å². The second-order valence-corrected chi connectivity index (χ2v) is 9.42. The number of benzene rings is 1. The number of halogens is 1. The fraction of sp³-hybridized carbons (Fsp3) is 0.650. The van der Waals surface area contributed by atoms with Crippen molar-refractivity contribution in [3.8, 4) is 0 Å². The molecule has 1 aliphatic heterocycles. The monoisotopic (exact) mass is 398 g/mol. The van der Waals surface area contributed by atoms with E-state index in [0.29, 0.717) is 39.0 Å². The van der Waals surface area contributed by atoms with E-state index in [1.165, 1.54) is 16.4 Å². The van der Waals surface area contributed by atoms with Crippen molar-refractivity contribution >= 4 is 15.9 Å². The maximum Gasteiger partial charge on any atom is 0.226 e. The first kappa shape index (κ1) is 21.8. The summed E-state index contributed by atoms with van der Waals surface area (Å²) < 4.78 is 38.7. The number of hydrogen-bond donors (Lipinski definition) is 0. The molecule has 0 saturated carbocycles. The molecule has 1 aliphatic rings. The van der Waals surface area contributed by atoms with Gasteiger partial charge in [0.05, 0.1) is 5.75 Å². The zero-order chi connectivity index (χ0) is 19.9. The van der Waals surface area contributed by atoms with Crippen LogP contribution in [0.25, 0.3) is 0 Å². The average Bonchev–Trinajstić information content (AvgIpc) is 2.68. The quantitative estimate of drug-likeness (QED) is 0.599. The van der Waals surface area contributed by atoms with Crippen LogP contribution in [-0.2, 0) is 21.4 Å². The Kier molecular flexibility index (Phi) is 8.23. The Bertz CT molecular complexity index is 698. The Morgan fingerprint density at radius 3 is 2.33 bits per heavy atom. The van der Waals surface area contributed by atoms with E-state index >= 15 is 0 Å². The predicted octanol–water partition coefficient (Wildman–Crippen LogP) is 3.41. The summed E-state index contributed by atoms with van der Waals surface area (Å²) in [6.45, 7) is 5.73. The summed E-state index contributed by atoms with van der Waals surface area (Å²) in [5.41, 5.74) is 0.909. The molecule has 0 spiro atoms. The first-order chi connectivity index (χ1) is 12.9. The van der Waals surface area contributed by atoms with Crippen LogP contribution in [0.1, 0.15) is 51.5 Å². The van der Waals surface area contributed by atoms with Gasteiger partial charge >= 0.3 is 0 Å². The van der Waals surface area contributed by atoms with Gasteiger partial charge in [0, 0.05) is 32.1 Å². The molecule has 5 nitrogen and oxygen atoms in total. The molecule has 27 heavy (non-hydrogen) atoms. The van der Waals surface area contributed by atoms with Crippen LogP contribution in [0.2, 0.25) is 0 Å². The number of carbonyl (C=O) groups excluding carboxylic acids is 1. The summed E-state index contributed by atoms with van der Waals surface area (Å²) in [5.74, 6) is -0.245. The van der Waals surface area contributed by atoms with Crippen LogP contribution in [0.3, 0.4) is 0 Å². The minimum atomic E-state index is -3.19. The second kappa shape index (κ2) is 10.2. The van der Waals surface area contributed by atoms with Gasteiger partial charge in [0.1, 0.15) is 5.82 Å². The third-order valence-electron chi connectivity index (χ3n) is 5.19. The smallest absolute Gasteiger partial charge is 0.226 e. The van der Waals surface area contributed by atoms with E-state index < -0.39 is 10.0 Å². The van der Waals surface area contributed by atoms with Crippen LogP contribution in [0.4, 0.5) is 4.39 Å². The summed E-state index contributed by atoms with van der Waals surface area (Å²) in [6, 6.07) is 6.26. The molecule has 0 N–H and O–H groups in total. The first-order valence-electron chi connectivity index (χ1n) is 9.88. The fourth-order valence-electron chi connectivity index (χ4n) is 3.45. The van der Waals surface area contributed by atoms with E-state index in [2.05, 4.69) is 6.92 Å². The molecule has 1 aromatic carbocycles. The normalized spacial score (nSPS) is 16.4. The molecular weight excluding hydrogens is 367 g/mol. The van der Waals surface area contributed by atoms with Crippen molar-refractivity contribution in [1.82, 2.24) is 9.21 Å². The van der Waals surface area contributed by atoms with Crippen LogP contribution >= 0.6 is 0 Å². The van der Waals surface area contributed by atoms with Crippen molar-refractivity contribution in [2.75, 3.05) is 25.4 Å². The molecule has 1 amide bonds. The van der Waals surface area contributed by atoms with Crippen molar-refractivity contribution in [3.05, 3.63) is 35.6 Å². The maximum atomic E-state index is 13.1. The van der Waals surface area contributed by atoms with Gasteiger partial charge in [0.2, 0.25) is 15.9 Å². The van der Waals surface area contributed by atoms with Gasteiger partial charge in [-0.3, -0.25) is 4.79 Å². The van der Waals surface area contributed by atoms with Crippen molar-refractivity contribution in [3.63, 3.8) is 0 Å². The Morgan fingerprint density at radius 1 is 1.15 bits per heavy atom. The van der Waals surface area contributed by atoms with E-state index in [4.69, 9.17) is 0 Å². The molecule has 152 valence electrons. The summed E-state index contributed by atoms with van der Waals surface area (Å²) in [6.07, 6.45) is 4.19. The highest BCUT2D eigenvalue weighted by atomic mass is 32.2. The number of amides is 1. The Labute approximate surface area is 162 Å². The zero-order valence-corrected chi connectivity index (χ0v) is 17.2. The number of sulfonamides is 1. The van der Waals surface area contributed by atoms with Crippen LogP contribution < -0.4 is 0 Å². The molecule has 0 atom stereocenters. The lowest BCUT2D eigenvalue weighted by Gasteiger charge is -2.33. The van der Waals surface area contributed by atoms with Crippen molar-refractivity contribution in [2.45, 2.75) is 52.5 Å². The predicted molar refractivity (Wildman–Crippen MR) is 105 cm³/mol. The molecular formula is C20H31FN2O3S. The number of carbonyl (C=O) groups is 1. The summed E-state index contributed by atoms with van der Waals surface area (Å²) in [5, 5.41) is 0. The summed E-state index contributed by atoms with van der Waals surface area (Å²) >= 11 is 0. The van der Waals surface area contributed by atoms with Gasteiger partial charge in [-0.2, -0.15) is 0 Å². The topological polar surface area (TPSA) is 57.7 Å². The number of hydrogen-bond acceptors (Lipinski definition) is 3. The highest BCUT2D eigenvalue weighted by Gasteiger charge is 2.32. The number of nitrogens with zero attached hydrogens (tertiary/aromatic N) is 2. The number of piperidine rings is 1. The maximum absolute atomic E-state index is 13.1. The van der Waals surface area contributed by atoms with E-state index in [1.807, 2.05) is 4.90 Å². The van der Waals surface area contributed by atoms with Crippen LogP contribution in [0.5, 0.6) is 0 Å². The van der Waals surface area contributed by atoms with E-state index in [1.54, 1.807) is 19.1 Å². The highest BCUT2D eigenvalue weighted by Crippen LogP contribution is 2.23. The molecule has 2 rings (SSSR count). The third-order valence-corrected chi connectivity index (χ3v) is 7.07. The molecule has 0 aliphatic carbocycles. The largest absolute Gasteiger partial charge is 0.338 e. The highest BCUT2D eigenvalue weighted by molar-refractivity contribution is 7.89. The standard InChI is InChI=1S/C20H31FN2O3S/c1-3-5-6-13-22(16-17-7-9-19(21)10-8-17)20(24)18-11-14-23(15-12-18)27(25,26)4-2/h7-10,18H,3-6,11-16H2,1-2H3. The third kappa shape index (κ3) is 6.28. The minimum absolute atomic E-state index is 0.0870. The summed E-state index contributed by atoms with van der Waals surface area (Å²) in [4.78, 5) is 14.9. The van der Waals surface area contributed by atoms with Crippen molar-refractivity contribution < 1.29 is 17.6 Å². The Hall–Kier alpha value is -1.47. The second-order valence-electron chi connectivity index (χ2n) is 7.17. The molecule has 0 aromatic heterocycles. The minimum Gasteiger partial charge on any atom is -0.338 e. The van der Waals surface area contributed by atoms with E-state index in [0.717, 1.165) is 24.8 Å². The number of unbranched alkanes of at least 4 members (excludes halogenated alkanes) is 2. The molecule has 1 aromatic rings.